The third-order valence-electron chi connectivity index (χ3n) is 4.46. The van der Waals surface area contributed by atoms with Crippen molar-refractivity contribution in [3.63, 3.8) is 0 Å². The van der Waals surface area contributed by atoms with E-state index in [2.05, 4.69) is 16.0 Å². The molecule has 0 aliphatic carbocycles. The van der Waals surface area contributed by atoms with Gasteiger partial charge < -0.3 is 16.0 Å². The van der Waals surface area contributed by atoms with E-state index in [1.807, 2.05) is 0 Å². The lowest BCUT2D eigenvalue weighted by atomic mass is 10.2. The quantitative estimate of drug-likeness (QED) is 0.565. The number of hydrogen-bond donors (Lipinski definition) is 3. The van der Waals surface area contributed by atoms with Gasteiger partial charge in [-0.25, -0.2) is 0 Å². The molecule has 0 spiro atoms. The molecule has 1 atom stereocenters. The average molecular weight is 471 g/mol. The van der Waals surface area contributed by atoms with Gasteiger partial charge in [-0.2, -0.15) is 13.2 Å². The van der Waals surface area contributed by atoms with Gasteiger partial charge in [-0.1, -0.05) is 11.6 Å². The van der Waals surface area contributed by atoms with E-state index in [0.29, 0.717) is 11.4 Å². The average Bonchev–Trinajstić information content (AvgIpc) is 2.69. The van der Waals surface area contributed by atoms with Crippen molar-refractivity contribution in [3.05, 3.63) is 53.1 Å². The van der Waals surface area contributed by atoms with E-state index in [1.54, 1.807) is 31.2 Å². The molecule has 0 fully saturated rings. The third-order valence-corrected chi connectivity index (χ3v) is 4.79. The number of nitrogens with zero attached hydrogens (tertiary/aromatic N) is 1. The fourth-order valence-electron chi connectivity index (χ4n) is 2.67. The summed E-state index contributed by atoms with van der Waals surface area (Å²) in [6, 6.07) is 8.82. The molecule has 3 N–H and O–H groups in total. The van der Waals surface area contributed by atoms with E-state index in [4.69, 9.17) is 11.6 Å². The highest BCUT2D eigenvalue weighted by molar-refractivity contribution is 6.31. The largest absolute Gasteiger partial charge is 0.417 e. The normalized spacial score (nSPS) is 12.2. The molecule has 11 heteroatoms. The molecule has 2 aromatic carbocycles. The molecule has 1 unspecified atom stereocenters. The Hall–Kier alpha value is -3.11. The van der Waals surface area contributed by atoms with Crippen molar-refractivity contribution in [2.45, 2.75) is 26.1 Å². The zero-order valence-electron chi connectivity index (χ0n) is 17.5. The number of amides is 3. The first kappa shape index (κ1) is 25.2. The van der Waals surface area contributed by atoms with Crippen LogP contribution in [0.3, 0.4) is 0 Å². The number of carbonyl (C=O) groups excluding carboxylic acids is 3. The zero-order valence-corrected chi connectivity index (χ0v) is 18.3. The number of likely N-dealkylation sites (N-methyl/N-ethyl adjacent to an activating group) is 1. The van der Waals surface area contributed by atoms with Crippen LogP contribution in [-0.4, -0.2) is 42.3 Å². The first-order valence-electron chi connectivity index (χ1n) is 9.42. The lowest BCUT2D eigenvalue weighted by Crippen LogP contribution is -2.43. The fourth-order valence-corrected chi connectivity index (χ4v) is 2.90. The second kappa shape index (κ2) is 10.5. The first-order chi connectivity index (χ1) is 14.9. The molecule has 0 saturated carbocycles. The number of nitrogens with one attached hydrogen (secondary N) is 3. The predicted molar refractivity (Wildman–Crippen MR) is 117 cm³/mol. The van der Waals surface area contributed by atoms with Gasteiger partial charge in [0.25, 0.3) is 0 Å². The van der Waals surface area contributed by atoms with Crippen LogP contribution < -0.4 is 16.0 Å². The Morgan fingerprint density at radius 1 is 0.969 bits per heavy atom. The molecule has 172 valence electrons. The van der Waals surface area contributed by atoms with Crippen LogP contribution in [0.1, 0.15) is 19.4 Å². The van der Waals surface area contributed by atoms with Crippen LogP contribution in [0.5, 0.6) is 0 Å². The summed E-state index contributed by atoms with van der Waals surface area (Å²) >= 11 is 5.57. The Morgan fingerprint density at radius 3 is 2.03 bits per heavy atom. The van der Waals surface area contributed by atoms with Crippen molar-refractivity contribution < 1.29 is 27.6 Å². The number of carbonyl (C=O) groups is 3. The van der Waals surface area contributed by atoms with Crippen molar-refractivity contribution in [1.29, 1.82) is 0 Å². The maximum atomic E-state index is 13.0. The van der Waals surface area contributed by atoms with Crippen LogP contribution >= 0.6 is 11.6 Å². The highest BCUT2D eigenvalue weighted by Gasteiger charge is 2.33. The molecule has 0 saturated heterocycles. The first-order valence-corrected chi connectivity index (χ1v) is 9.80. The van der Waals surface area contributed by atoms with Gasteiger partial charge in [0, 0.05) is 24.0 Å². The van der Waals surface area contributed by atoms with E-state index in [9.17, 15) is 27.6 Å². The highest BCUT2D eigenvalue weighted by Crippen LogP contribution is 2.36. The van der Waals surface area contributed by atoms with Gasteiger partial charge in [-0.3, -0.25) is 19.3 Å². The van der Waals surface area contributed by atoms with Crippen LogP contribution in [0, 0.1) is 0 Å². The van der Waals surface area contributed by atoms with E-state index in [-0.39, 0.29) is 18.1 Å². The lowest BCUT2D eigenvalue weighted by molar-refractivity contribution is -0.137. The van der Waals surface area contributed by atoms with Crippen molar-refractivity contribution >= 4 is 46.4 Å². The molecule has 32 heavy (non-hydrogen) atoms. The minimum atomic E-state index is -4.65. The van der Waals surface area contributed by atoms with Gasteiger partial charge in [0.15, 0.2) is 0 Å². The Balaban J connectivity index is 1.93. The summed E-state index contributed by atoms with van der Waals surface area (Å²) in [6.45, 7) is 2.73. The van der Waals surface area contributed by atoms with Crippen LogP contribution in [-0.2, 0) is 20.6 Å². The predicted octanol–water partition coefficient (Wildman–Crippen LogP) is 4.21. The molecule has 0 aromatic heterocycles. The Bertz CT molecular complexity index is 997. The van der Waals surface area contributed by atoms with Crippen molar-refractivity contribution in [2.75, 3.05) is 29.5 Å². The number of hydrogen-bond acceptors (Lipinski definition) is 4. The molecular weight excluding hydrogens is 449 g/mol. The SMILES string of the molecule is CC(=O)Nc1ccc(NC(=O)C(C)N(C)CC(=O)Nc2ccc(Cl)c(C(F)(F)F)c2)cc1. The van der Waals surface area contributed by atoms with Crippen LogP contribution in [0.15, 0.2) is 42.5 Å². The number of benzene rings is 2. The van der Waals surface area contributed by atoms with Gasteiger partial charge in [-0.05, 0) is 56.4 Å². The molecular formula is C21H22ClF3N4O3. The zero-order chi connectivity index (χ0) is 24.1. The second-order valence-corrected chi connectivity index (χ2v) is 7.49. The molecule has 7 nitrogen and oxygen atoms in total. The number of halogens is 4. The maximum Gasteiger partial charge on any atom is 0.417 e. The molecule has 0 aliphatic heterocycles. The van der Waals surface area contributed by atoms with Crippen LogP contribution in [0.4, 0.5) is 30.2 Å². The molecule has 0 radical (unpaired) electrons. The van der Waals surface area contributed by atoms with Crippen molar-refractivity contribution in [3.8, 4) is 0 Å². The van der Waals surface area contributed by atoms with Gasteiger partial charge in [-0.15, -0.1) is 0 Å². The molecule has 2 aromatic rings. The number of alkyl halides is 3. The molecule has 3 amide bonds. The lowest BCUT2D eigenvalue weighted by Gasteiger charge is -2.23. The Labute approximate surface area is 187 Å². The van der Waals surface area contributed by atoms with Crippen molar-refractivity contribution in [2.24, 2.45) is 0 Å². The summed E-state index contributed by atoms with van der Waals surface area (Å²) in [5, 5.41) is 7.20. The summed E-state index contributed by atoms with van der Waals surface area (Å²) < 4.78 is 38.9. The fraction of sp³-hybridized carbons (Fsp3) is 0.286. The van der Waals surface area contributed by atoms with Gasteiger partial charge >= 0.3 is 6.18 Å². The maximum absolute atomic E-state index is 13.0. The molecule has 0 heterocycles. The van der Waals surface area contributed by atoms with Gasteiger partial charge in [0.1, 0.15) is 0 Å². The monoisotopic (exact) mass is 470 g/mol. The minimum absolute atomic E-state index is 0.0588. The topological polar surface area (TPSA) is 90.5 Å². The molecule has 0 bridgehead atoms. The van der Waals surface area contributed by atoms with E-state index < -0.39 is 34.6 Å². The Kier molecular flexibility index (Phi) is 8.23. The highest BCUT2D eigenvalue weighted by atomic mass is 35.5. The standard InChI is InChI=1S/C21H22ClF3N4O3/c1-12(20(32)28-15-6-4-14(5-7-15)26-13(2)30)29(3)11-19(31)27-16-8-9-18(22)17(10-16)21(23,24)25/h4-10,12H,11H2,1-3H3,(H,26,30)(H,27,31)(H,28,32). The summed E-state index contributed by atoms with van der Waals surface area (Å²) in [6.07, 6.45) is -4.65. The summed E-state index contributed by atoms with van der Waals surface area (Å²) in [4.78, 5) is 37.2. The Morgan fingerprint density at radius 2 is 1.50 bits per heavy atom. The molecule has 0 aliphatic rings. The second-order valence-electron chi connectivity index (χ2n) is 7.08. The summed E-state index contributed by atoms with van der Waals surface area (Å²) in [5.74, 6) is -1.20. The van der Waals surface area contributed by atoms with Gasteiger partial charge in [0.2, 0.25) is 17.7 Å². The van der Waals surface area contributed by atoms with E-state index >= 15 is 0 Å². The number of anilines is 3. The van der Waals surface area contributed by atoms with Gasteiger partial charge in [0.05, 0.1) is 23.2 Å². The van der Waals surface area contributed by atoms with E-state index in [1.165, 1.54) is 24.9 Å². The number of rotatable bonds is 7. The van der Waals surface area contributed by atoms with Crippen molar-refractivity contribution in [1.82, 2.24) is 4.90 Å². The molecule has 2 rings (SSSR count). The van der Waals surface area contributed by atoms with Crippen LogP contribution in [0.2, 0.25) is 5.02 Å². The van der Waals surface area contributed by atoms with Crippen LogP contribution in [0.25, 0.3) is 0 Å². The smallest absolute Gasteiger partial charge is 0.326 e. The third kappa shape index (κ3) is 7.24. The minimum Gasteiger partial charge on any atom is -0.326 e. The summed E-state index contributed by atoms with van der Waals surface area (Å²) in [5.41, 5.74) is -0.0399. The summed E-state index contributed by atoms with van der Waals surface area (Å²) in [7, 11) is 1.53. The van der Waals surface area contributed by atoms with E-state index in [0.717, 1.165) is 12.1 Å².